The second-order valence-corrected chi connectivity index (χ2v) is 6.69. The average Bonchev–Trinajstić information content (AvgIpc) is 2.61. The summed E-state index contributed by atoms with van der Waals surface area (Å²) in [5.41, 5.74) is 10.6. The lowest BCUT2D eigenvalue weighted by Crippen LogP contribution is -2.59. The van der Waals surface area contributed by atoms with Gasteiger partial charge in [-0.2, -0.15) is 12.6 Å². The van der Waals surface area contributed by atoms with E-state index in [2.05, 4.69) is 28.6 Å². The SMILES string of the molecule is CC(C)C(N)C(=O)NC(CO)C(=O)NC(CS)C(=O)NC(CC(N)=O)C(=O)O. The van der Waals surface area contributed by atoms with Crippen molar-refractivity contribution in [2.24, 2.45) is 17.4 Å². The van der Waals surface area contributed by atoms with Gasteiger partial charge in [-0.05, 0) is 5.92 Å². The van der Waals surface area contributed by atoms with Gasteiger partial charge in [0.1, 0.15) is 18.1 Å². The van der Waals surface area contributed by atoms with Crippen molar-refractivity contribution in [3.05, 3.63) is 0 Å². The number of primary amides is 1. The van der Waals surface area contributed by atoms with Gasteiger partial charge in [-0.3, -0.25) is 19.2 Å². The Bertz CT molecular complexity index is 601. The van der Waals surface area contributed by atoms with Crippen LogP contribution in [0.1, 0.15) is 20.3 Å². The Labute approximate surface area is 167 Å². The molecule has 4 atom stereocenters. The maximum Gasteiger partial charge on any atom is 0.326 e. The molecule has 0 saturated heterocycles. The van der Waals surface area contributed by atoms with Crippen LogP contribution < -0.4 is 27.4 Å². The monoisotopic (exact) mass is 421 g/mol. The van der Waals surface area contributed by atoms with Crippen molar-refractivity contribution in [3.63, 3.8) is 0 Å². The number of aliphatic hydroxyl groups is 1. The average molecular weight is 421 g/mol. The van der Waals surface area contributed by atoms with Crippen LogP contribution in [0.3, 0.4) is 0 Å². The van der Waals surface area contributed by atoms with E-state index in [1.54, 1.807) is 13.8 Å². The Morgan fingerprint density at radius 2 is 1.39 bits per heavy atom. The van der Waals surface area contributed by atoms with Crippen LogP contribution in [0.4, 0.5) is 0 Å². The van der Waals surface area contributed by atoms with Gasteiger partial charge in [0.25, 0.3) is 0 Å². The summed E-state index contributed by atoms with van der Waals surface area (Å²) in [5.74, 6) is -5.36. The zero-order valence-corrected chi connectivity index (χ0v) is 16.4. The van der Waals surface area contributed by atoms with E-state index in [4.69, 9.17) is 16.6 Å². The number of thiol groups is 1. The molecule has 9 N–H and O–H groups in total. The summed E-state index contributed by atoms with van der Waals surface area (Å²) in [7, 11) is 0. The number of hydrogen-bond donors (Lipinski definition) is 8. The highest BCUT2D eigenvalue weighted by Crippen LogP contribution is 2.00. The molecule has 4 unspecified atom stereocenters. The summed E-state index contributed by atoms with van der Waals surface area (Å²) < 4.78 is 0. The molecule has 0 aliphatic rings. The molecular formula is C15H27N5O7S. The third-order valence-corrected chi connectivity index (χ3v) is 4.04. The number of aliphatic carboxylic acids is 1. The molecular weight excluding hydrogens is 394 g/mol. The van der Waals surface area contributed by atoms with Gasteiger partial charge < -0.3 is 37.6 Å². The third-order valence-electron chi connectivity index (χ3n) is 3.67. The molecule has 0 bridgehead atoms. The summed E-state index contributed by atoms with van der Waals surface area (Å²) in [6.07, 6.45) is -0.642. The van der Waals surface area contributed by atoms with E-state index in [0.717, 1.165) is 0 Å². The first-order chi connectivity index (χ1) is 12.9. The lowest BCUT2D eigenvalue weighted by Gasteiger charge is -2.24. The zero-order chi connectivity index (χ0) is 22.0. The molecule has 13 heteroatoms. The molecule has 12 nitrogen and oxygen atoms in total. The number of carboxylic acids is 1. The Kier molecular flexibility index (Phi) is 11.1. The first kappa shape index (κ1) is 25.6. The Morgan fingerprint density at radius 3 is 1.79 bits per heavy atom. The van der Waals surface area contributed by atoms with E-state index in [1.807, 2.05) is 0 Å². The number of carbonyl (C=O) groups is 5. The number of hydrogen-bond acceptors (Lipinski definition) is 8. The van der Waals surface area contributed by atoms with E-state index in [1.165, 1.54) is 0 Å². The summed E-state index contributed by atoms with van der Waals surface area (Å²) >= 11 is 3.92. The van der Waals surface area contributed by atoms with E-state index in [-0.39, 0.29) is 11.7 Å². The van der Waals surface area contributed by atoms with E-state index in [9.17, 15) is 29.1 Å². The molecule has 0 rings (SSSR count). The van der Waals surface area contributed by atoms with Crippen molar-refractivity contribution in [2.45, 2.75) is 44.4 Å². The van der Waals surface area contributed by atoms with Crippen molar-refractivity contribution in [2.75, 3.05) is 12.4 Å². The van der Waals surface area contributed by atoms with Crippen LogP contribution in [0.25, 0.3) is 0 Å². The van der Waals surface area contributed by atoms with Crippen molar-refractivity contribution in [1.29, 1.82) is 0 Å². The first-order valence-electron chi connectivity index (χ1n) is 8.34. The fraction of sp³-hybridized carbons (Fsp3) is 0.667. The minimum absolute atomic E-state index is 0.212. The molecule has 0 aliphatic carbocycles. The second kappa shape index (κ2) is 12.2. The van der Waals surface area contributed by atoms with Gasteiger partial charge in [-0.15, -0.1) is 0 Å². The second-order valence-electron chi connectivity index (χ2n) is 6.33. The summed E-state index contributed by atoms with van der Waals surface area (Å²) in [4.78, 5) is 58.3. The molecule has 0 aromatic heterocycles. The third kappa shape index (κ3) is 8.54. The van der Waals surface area contributed by atoms with Crippen LogP contribution in [0.15, 0.2) is 0 Å². The van der Waals surface area contributed by atoms with Gasteiger partial charge in [-0.1, -0.05) is 13.8 Å². The number of nitrogens with two attached hydrogens (primary N) is 2. The van der Waals surface area contributed by atoms with Crippen LogP contribution in [0.2, 0.25) is 0 Å². The Balaban J connectivity index is 5.02. The largest absolute Gasteiger partial charge is 0.480 e. The number of carboxylic acid groups (broad SMARTS) is 1. The maximum absolute atomic E-state index is 12.2. The first-order valence-corrected chi connectivity index (χ1v) is 8.97. The fourth-order valence-electron chi connectivity index (χ4n) is 1.90. The molecule has 0 spiro atoms. The highest BCUT2D eigenvalue weighted by Gasteiger charge is 2.30. The van der Waals surface area contributed by atoms with Crippen LogP contribution >= 0.6 is 12.6 Å². The molecule has 0 aromatic rings. The predicted octanol–water partition coefficient (Wildman–Crippen LogP) is -3.69. The quantitative estimate of drug-likeness (QED) is 0.146. The topological polar surface area (TPSA) is 214 Å². The van der Waals surface area contributed by atoms with Crippen molar-refractivity contribution in [1.82, 2.24) is 16.0 Å². The Morgan fingerprint density at radius 1 is 0.929 bits per heavy atom. The minimum Gasteiger partial charge on any atom is -0.480 e. The summed E-state index contributed by atoms with van der Waals surface area (Å²) in [6.45, 7) is 2.64. The predicted molar refractivity (Wildman–Crippen MR) is 101 cm³/mol. The van der Waals surface area contributed by atoms with E-state index >= 15 is 0 Å². The lowest BCUT2D eigenvalue weighted by atomic mass is 10.0. The van der Waals surface area contributed by atoms with Gasteiger partial charge in [0.2, 0.25) is 23.6 Å². The number of nitrogens with one attached hydrogen (secondary N) is 3. The molecule has 0 saturated carbocycles. The normalized spacial score (nSPS) is 15.1. The highest BCUT2D eigenvalue weighted by molar-refractivity contribution is 7.80. The molecule has 0 aromatic carbocycles. The van der Waals surface area contributed by atoms with Gasteiger partial charge >= 0.3 is 5.97 Å². The molecule has 0 aliphatic heterocycles. The summed E-state index contributed by atoms with van der Waals surface area (Å²) in [5, 5.41) is 24.9. The molecule has 4 amide bonds. The van der Waals surface area contributed by atoms with Crippen LogP contribution in [-0.2, 0) is 24.0 Å². The smallest absolute Gasteiger partial charge is 0.326 e. The fourth-order valence-corrected chi connectivity index (χ4v) is 2.16. The molecule has 28 heavy (non-hydrogen) atoms. The van der Waals surface area contributed by atoms with E-state index < -0.39 is 66.8 Å². The standard InChI is InChI=1S/C15H27N5O7S/c1-6(2)11(17)14(25)19-8(4-21)12(23)20-9(5-28)13(24)18-7(15(26)27)3-10(16)22/h6-9,11,21,28H,3-5,17H2,1-2H3,(H2,16,22)(H,18,24)(H,19,25)(H,20,23)(H,26,27). The van der Waals surface area contributed by atoms with Crippen molar-refractivity contribution < 1.29 is 34.2 Å². The van der Waals surface area contributed by atoms with Crippen LogP contribution in [0.5, 0.6) is 0 Å². The van der Waals surface area contributed by atoms with Gasteiger partial charge in [0.05, 0.1) is 19.1 Å². The molecule has 0 radical (unpaired) electrons. The van der Waals surface area contributed by atoms with Crippen molar-refractivity contribution >= 4 is 42.2 Å². The Hall–Kier alpha value is -2.38. The van der Waals surface area contributed by atoms with Crippen LogP contribution in [0, 0.1) is 5.92 Å². The van der Waals surface area contributed by atoms with E-state index in [0.29, 0.717) is 0 Å². The minimum atomic E-state index is -1.58. The zero-order valence-electron chi connectivity index (χ0n) is 15.5. The highest BCUT2D eigenvalue weighted by atomic mass is 32.1. The number of amides is 4. The molecule has 160 valence electrons. The lowest BCUT2D eigenvalue weighted by molar-refractivity contribution is -0.143. The number of rotatable bonds is 12. The number of carbonyl (C=O) groups excluding carboxylic acids is 4. The number of aliphatic hydroxyl groups excluding tert-OH is 1. The summed E-state index contributed by atoms with van der Waals surface area (Å²) in [6, 6.07) is -5.17. The van der Waals surface area contributed by atoms with Crippen LogP contribution in [-0.4, -0.2) is 76.3 Å². The van der Waals surface area contributed by atoms with Crippen molar-refractivity contribution in [3.8, 4) is 0 Å². The molecule has 0 heterocycles. The van der Waals surface area contributed by atoms with Gasteiger partial charge in [0, 0.05) is 5.75 Å². The van der Waals surface area contributed by atoms with Gasteiger partial charge in [-0.25, -0.2) is 4.79 Å². The maximum atomic E-state index is 12.2. The van der Waals surface area contributed by atoms with Gasteiger partial charge in [0.15, 0.2) is 0 Å². The molecule has 0 fully saturated rings.